The molecule has 112 valence electrons. The van der Waals surface area contributed by atoms with E-state index in [1.54, 1.807) is 36.4 Å². The van der Waals surface area contributed by atoms with Gasteiger partial charge in [0, 0.05) is 24.0 Å². The summed E-state index contributed by atoms with van der Waals surface area (Å²) in [5, 5.41) is 9.57. The molecule has 0 amide bonds. The molecule has 1 N–H and O–H groups in total. The molecule has 0 spiro atoms. The lowest BCUT2D eigenvalue weighted by Gasteiger charge is -2.09. The SMILES string of the molecule is C=C(O)c1ccccc1CC(=O)Cc1ccccc1C(C)=O. The molecule has 22 heavy (non-hydrogen) atoms. The van der Waals surface area contributed by atoms with Gasteiger partial charge >= 0.3 is 0 Å². The van der Waals surface area contributed by atoms with Crippen LogP contribution in [-0.2, 0) is 17.6 Å². The number of Topliss-reactive ketones (excluding diaryl/α,β-unsaturated/α-hetero) is 2. The third-order valence-corrected chi connectivity index (χ3v) is 3.50. The van der Waals surface area contributed by atoms with E-state index in [0.29, 0.717) is 11.1 Å². The van der Waals surface area contributed by atoms with Crippen LogP contribution in [0.15, 0.2) is 55.1 Å². The largest absolute Gasteiger partial charge is 0.508 e. The maximum absolute atomic E-state index is 12.3. The summed E-state index contributed by atoms with van der Waals surface area (Å²) in [4.78, 5) is 23.9. The van der Waals surface area contributed by atoms with E-state index in [9.17, 15) is 14.7 Å². The van der Waals surface area contributed by atoms with Crippen LogP contribution in [0, 0.1) is 0 Å². The van der Waals surface area contributed by atoms with E-state index in [1.807, 2.05) is 12.1 Å². The number of ketones is 2. The van der Waals surface area contributed by atoms with E-state index < -0.39 is 0 Å². The van der Waals surface area contributed by atoms with Crippen molar-refractivity contribution in [1.29, 1.82) is 0 Å². The topological polar surface area (TPSA) is 54.4 Å². The second-order valence-corrected chi connectivity index (χ2v) is 5.21. The average molecular weight is 294 g/mol. The molecule has 3 nitrogen and oxygen atoms in total. The van der Waals surface area contributed by atoms with E-state index in [0.717, 1.165) is 11.1 Å². The third kappa shape index (κ3) is 3.70. The lowest BCUT2D eigenvalue weighted by molar-refractivity contribution is -0.117. The zero-order valence-corrected chi connectivity index (χ0v) is 12.5. The molecule has 0 saturated heterocycles. The number of hydrogen-bond donors (Lipinski definition) is 1. The summed E-state index contributed by atoms with van der Waals surface area (Å²) in [6.07, 6.45) is 0.393. The highest BCUT2D eigenvalue weighted by molar-refractivity contribution is 5.97. The summed E-state index contributed by atoms with van der Waals surface area (Å²) in [5.74, 6) is -0.109. The van der Waals surface area contributed by atoms with Crippen molar-refractivity contribution in [2.45, 2.75) is 19.8 Å². The predicted molar refractivity (Wildman–Crippen MR) is 87.0 cm³/mol. The van der Waals surface area contributed by atoms with Gasteiger partial charge in [0.1, 0.15) is 11.5 Å². The summed E-state index contributed by atoms with van der Waals surface area (Å²) in [7, 11) is 0. The minimum Gasteiger partial charge on any atom is -0.508 e. The summed E-state index contributed by atoms with van der Waals surface area (Å²) in [6.45, 7) is 5.01. The molecule has 2 aromatic carbocycles. The molecule has 0 bridgehead atoms. The standard InChI is InChI=1S/C19H18O3/c1-13(20)18-9-5-3-7-15(18)11-17(22)12-16-8-4-6-10-19(16)14(2)21/h3-10,20H,1,11-12H2,2H3. The van der Waals surface area contributed by atoms with Crippen LogP contribution in [0.5, 0.6) is 0 Å². The van der Waals surface area contributed by atoms with Crippen LogP contribution in [0.2, 0.25) is 0 Å². The van der Waals surface area contributed by atoms with Crippen molar-refractivity contribution in [2.24, 2.45) is 0 Å². The molecule has 0 atom stereocenters. The van der Waals surface area contributed by atoms with Crippen molar-refractivity contribution in [2.75, 3.05) is 0 Å². The molecular formula is C19H18O3. The van der Waals surface area contributed by atoms with Crippen molar-refractivity contribution < 1.29 is 14.7 Å². The molecule has 0 radical (unpaired) electrons. The summed E-state index contributed by atoms with van der Waals surface area (Å²) in [5.41, 5.74) is 2.63. The van der Waals surface area contributed by atoms with Gasteiger partial charge in [-0.15, -0.1) is 0 Å². The van der Waals surface area contributed by atoms with Crippen molar-refractivity contribution in [3.8, 4) is 0 Å². The van der Waals surface area contributed by atoms with Gasteiger partial charge in [-0.05, 0) is 18.1 Å². The van der Waals surface area contributed by atoms with Crippen LogP contribution in [0.1, 0.15) is 34.0 Å². The van der Waals surface area contributed by atoms with Gasteiger partial charge in [0.05, 0.1) is 0 Å². The molecule has 0 aromatic heterocycles. The van der Waals surface area contributed by atoms with E-state index >= 15 is 0 Å². The number of aliphatic hydroxyl groups is 1. The second-order valence-electron chi connectivity index (χ2n) is 5.21. The fourth-order valence-corrected chi connectivity index (χ4v) is 2.46. The van der Waals surface area contributed by atoms with Gasteiger partial charge in [-0.3, -0.25) is 9.59 Å². The number of carbonyl (C=O) groups is 2. The Morgan fingerprint density at radius 3 is 1.86 bits per heavy atom. The Morgan fingerprint density at radius 1 is 0.909 bits per heavy atom. The molecule has 2 rings (SSSR count). The molecule has 2 aromatic rings. The smallest absolute Gasteiger partial charge is 0.160 e. The van der Waals surface area contributed by atoms with E-state index in [1.165, 1.54) is 6.92 Å². The van der Waals surface area contributed by atoms with Gasteiger partial charge in [0.25, 0.3) is 0 Å². The fourth-order valence-electron chi connectivity index (χ4n) is 2.46. The Hall–Kier alpha value is -2.68. The molecular weight excluding hydrogens is 276 g/mol. The molecule has 3 heteroatoms. The number of aliphatic hydroxyl groups excluding tert-OH is 1. The summed E-state index contributed by atoms with van der Waals surface area (Å²) < 4.78 is 0. The Bertz CT molecular complexity index is 667. The van der Waals surface area contributed by atoms with E-state index in [2.05, 4.69) is 6.58 Å². The highest BCUT2D eigenvalue weighted by Crippen LogP contribution is 2.18. The van der Waals surface area contributed by atoms with E-state index in [4.69, 9.17) is 0 Å². The van der Waals surface area contributed by atoms with Gasteiger partial charge < -0.3 is 5.11 Å². The quantitative estimate of drug-likeness (QED) is 0.651. The zero-order valence-electron chi connectivity index (χ0n) is 12.5. The summed E-state index contributed by atoms with van der Waals surface area (Å²) in [6, 6.07) is 14.3. The lowest BCUT2D eigenvalue weighted by Crippen LogP contribution is -2.11. The Balaban J connectivity index is 2.18. The van der Waals surface area contributed by atoms with Crippen LogP contribution in [0.25, 0.3) is 5.76 Å². The van der Waals surface area contributed by atoms with Crippen molar-refractivity contribution in [3.05, 3.63) is 77.4 Å². The van der Waals surface area contributed by atoms with Crippen LogP contribution in [0.4, 0.5) is 0 Å². The monoisotopic (exact) mass is 294 g/mol. The molecule has 0 saturated carbocycles. The average Bonchev–Trinajstić information content (AvgIpc) is 2.47. The summed E-state index contributed by atoms with van der Waals surface area (Å²) >= 11 is 0. The number of benzene rings is 2. The molecule has 0 aliphatic heterocycles. The lowest BCUT2D eigenvalue weighted by atomic mass is 9.95. The molecule has 0 aliphatic rings. The maximum atomic E-state index is 12.3. The first kappa shape index (κ1) is 15.7. The maximum Gasteiger partial charge on any atom is 0.160 e. The highest BCUT2D eigenvalue weighted by Gasteiger charge is 2.13. The van der Waals surface area contributed by atoms with Crippen molar-refractivity contribution in [1.82, 2.24) is 0 Å². The minimum absolute atomic E-state index is 0.0117. The second kappa shape index (κ2) is 6.85. The number of rotatable bonds is 6. The van der Waals surface area contributed by atoms with Gasteiger partial charge in [-0.2, -0.15) is 0 Å². The van der Waals surface area contributed by atoms with Crippen LogP contribution >= 0.6 is 0 Å². The molecule has 0 heterocycles. The first-order valence-electron chi connectivity index (χ1n) is 7.05. The first-order chi connectivity index (χ1) is 10.5. The first-order valence-corrected chi connectivity index (χ1v) is 7.05. The van der Waals surface area contributed by atoms with Gasteiger partial charge in [0.15, 0.2) is 5.78 Å². The Labute approximate surface area is 129 Å². The van der Waals surface area contributed by atoms with Gasteiger partial charge in [-0.25, -0.2) is 0 Å². The Kier molecular flexibility index (Phi) is 4.89. The van der Waals surface area contributed by atoms with E-state index in [-0.39, 0.29) is 30.2 Å². The van der Waals surface area contributed by atoms with Crippen LogP contribution < -0.4 is 0 Å². The van der Waals surface area contributed by atoms with Gasteiger partial charge in [-0.1, -0.05) is 55.1 Å². The molecule has 0 unspecified atom stereocenters. The fraction of sp³-hybridized carbons (Fsp3) is 0.158. The zero-order chi connectivity index (χ0) is 16.1. The number of carbonyl (C=O) groups excluding carboxylic acids is 2. The van der Waals surface area contributed by atoms with Crippen LogP contribution in [0.3, 0.4) is 0 Å². The predicted octanol–water partition coefficient (Wildman–Crippen LogP) is 3.77. The normalized spacial score (nSPS) is 10.2. The molecule has 0 aliphatic carbocycles. The van der Waals surface area contributed by atoms with Crippen molar-refractivity contribution >= 4 is 17.3 Å². The highest BCUT2D eigenvalue weighted by atomic mass is 16.3. The van der Waals surface area contributed by atoms with Crippen molar-refractivity contribution in [3.63, 3.8) is 0 Å². The molecule has 0 fully saturated rings. The minimum atomic E-state index is -0.0486. The van der Waals surface area contributed by atoms with Gasteiger partial charge in [0.2, 0.25) is 0 Å². The third-order valence-electron chi connectivity index (χ3n) is 3.50. The van der Waals surface area contributed by atoms with Crippen LogP contribution in [-0.4, -0.2) is 16.7 Å². The number of hydrogen-bond acceptors (Lipinski definition) is 3. The Morgan fingerprint density at radius 2 is 1.36 bits per heavy atom.